The Morgan fingerprint density at radius 1 is 1.47 bits per heavy atom. The SMILES string of the molecule is CCCc1nc(C(=O)N2CC3CNCC3C2C)n[nH]1. The number of aromatic nitrogens is 3. The van der Waals surface area contributed by atoms with Gasteiger partial charge >= 0.3 is 0 Å². The van der Waals surface area contributed by atoms with Crippen LogP contribution in [0.5, 0.6) is 0 Å². The highest BCUT2D eigenvalue weighted by Gasteiger charge is 2.44. The summed E-state index contributed by atoms with van der Waals surface area (Å²) in [5.41, 5.74) is 0. The number of carbonyl (C=O) groups is 1. The number of carbonyl (C=O) groups excluding carboxylic acids is 1. The molecule has 0 spiro atoms. The molecule has 0 aromatic carbocycles. The van der Waals surface area contributed by atoms with Crippen molar-refractivity contribution in [1.82, 2.24) is 25.4 Å². The molecule has 1 aromatic rings. The number of amides is 1. The molecule has 0 radical (unpaired) electrons. The highest BCUT2D eigenvalue weighted by molar-refractivity contribution is 5.90. The lowest BCUT2D eigenvalue weighted by atomic mass is 9.95. The summed E-state index contributed by atoms with van der Waals surface area (Å²) in [6.07, 6.45) is 1.84. The molecule has 2 aliphatic rings. The molecule has 19 heavy (non-hydrogen) atoms. The topological polar surface area (TPSA) is 73.9 Å². The molecule has 0 aliphatic carbocycles. The van der Waals surface area contributed by atoms with E-state index in [-0.39, 0.29) is 11.9 Å². The minimum Gasteiger partial charge on any atom is -0.332 e. The summed E-state index contributed by atoms with van der Waals surface area (Å²) in [6, 6.07) is 0.278. The van der Waals surface area contributed by atoms with Crippen molar-refractivity contribution in [1.29, 1.82) is 0 Å². The van der Waals surface area contributed by atoms with Crippen molar-refractivity contribution in [2.24, 2.45) is 11.8 Å². The molecule has 2 N–H and O–H groups in total. The van der Waals surface area contributed by atoms with E-state index in [1.807, 2.05) is 4.90 Å². The predicted octanol–water partition coefficient (Wildman–Crippen LogP) is 0.437. The summed E-state index contributed by atoms with van der Waals surface area (Å²) < 4.78 is 0. The number of hydrogen-bond acceptors (Lipinski definition) is 4. The Kier molecular flexibility index (Phi) is 3.26. The lowest BCUT2D eigenvalue weighted by molar-refractivity contribution is 0.0716. The fourth-order valence-corrected chi connectivity index (χ4v) is 3.30. The minimum absolute atomic E-state index is 0.0273. The summed E-state index contributed by atoms with van der Waals surface area (Å²) in [6.45, 7) is 7.09. The molecule has 104 valence electrons. The maximum absolute atomic E-state index is 12.5. The zero-order valence-electron chi connectivity index (χ0n) is 11.5. The quantitative estimate of drug-likeness (QED) is 0.830. The second kappa shape index (κ2) is 4.92. The Morgan fingerprint density at radius 2 is 2.32 bits per heavy atom. The summed E-state index contributed by atoms with van der Waals surface area (Å²) in [5.74, 6) is 2.27. The standard InChI is InChI=1S/C13H21N5O/c1-3-4-11-15-12(17-16-11)13(19)18-7-9-5-14-6-10(9)8(18)2/h8-10,14H,3-7H2,1-2H3,(H,15,16,17). The number of H-pyrrole nitrogens is 1. The molecule has 0 bridgehead atoms. The van der Waals surface area contributed by atoms with Crippen LogP contribution in [0.2, 0.25) is 0 Å². The summed E-state index contributed by atoms with van der Waals surface area (Å²) >= 11 is 0. The van der Waals surface area contributed by atoms with Gasteiger partial charge in [0.1, 0.15) is 5.82 Å². The Morgan fingerprint density at radius 3 is 3.05 bits per heavy atom. The highest BCUT2D eigenvalue weighted by atomic mass is 16.2. The molecule has 3 unspecified atom stereocenters. The lowest BCUT2D eigenvalue weighted by Gasteiger charge is -2.23. The summed E-state index contributed by atoms with van der Waals surface area (Å²) in [7, 11) is 0. The van der Waals surface area contributed by atoms with Crippen LogP contribution in [0, 0.1) is 11.8 Å². The third-order valence-corrected chi connectivity index (χ3v) is 4.41. The zero-order chi connectivity index (χ0) is 13.4. The van der Waals surface area contributed by atoms with E-state index in [0.717, 1.165) is 38.3 Å². The van der Waals surface area contributed by atoms with Gasteiger partial charge in [-0.3, -0.25) is 9.89 Å². The van der Waals surface area contributed by atoms with Gasteiger partial charge in [0.05, 0.1) is 0 Å². The van der Waals surface area contributed by atoms with E-state index in [1.165, 1.54) is 0 Å². The van der Waals surface area contributed by atoms with Gasteiger partial charge < -0.3 is 10.2 Å². The van der Waals surface area contributed by atoms with Crippen LogP contribution in [-0.4, -0.2) is 51.7 Å². The molecular weight excluding hydrogens is 242 g/mol. The molecule has 2 fully saturated rings. The first-order chi connectivity index (χ1) is 9.20. The maximum Gasteiger partial charge on any atom is 0.293 e. The number of likely N-dealkylation sites (tertiary alicyclic amines) is 1. The van der Waals surface area contributed by atoms with Crippen LogP contribution in [0.4, 0.5) is 0 Å². The first-order valence-electron chi connectivity index (χ1n) is 7.13. The van der Waals surface area contributed by atoms with Crippen molar-refractivity contribution < 1.29 is 4.79 Å². The largest absolute Gasteiger partial charge is 0.332 e. The molecule has 3 heterocycles. The van der Waals surface area contributed by atoms with E-state index in [0.29, 0.717) is 17.7 Å². The molecule has 3 atom stereocenters. The van der Waals surface area contributed by atoms with Gasteiger partial charge in [0.2, 0.25) is 5.82 Å². The number of nitrogens with zero attached hydrogens (tertiary/aromatic N) is 3. The summed E-state index contributed by atoms with van der Waals surface area (Å²) in [5, 5.41) is 10.3. The zero-order valence-corrected chi connectivity index (χ0v) is 11.5. The van der Waals surface area contributed by atoms with Crippen molar-refractivity contribution in [3.8, 4) is 0 Å². The second-order valence-electron chi connectivity index (χ2n) is 5.64. The highest BCUT2D eigenvalue weighted by Crippen LogP contribution is 2.32. The van der Waals surface area contributed by atoms with Crippen molar-refractivity contribution in [3.63, 3.8) is 0 Å². The Balaban J connectivity index is 1.73. The van der Waals surface area contributed by atoms with E-state index in [2.05, 4.69) is 34.3 Å². The Labute approximate surface area is 113 Å². The number of nitrogens with one attached hydrogen (secondary N) is 2. The van der Waals surface area contributed by atoms with Gasteiger partial charge in [-0.05, 0) is 25.2 Å². The van der Waals surface area contributed by atoms with Gasteiger partial charge in [0.15, 0.2) is 0 Å². The number of fused-ring (bicyclic) bond motifs is 1. The Bertz CT molecular complexity index is 471. The van der Waals surface area contributed by atoms with Gasteiger partial charge in [0.25, 0.3) is 5.91 Å². The molecule has 1 amide bonds. The number of hydrogen-bond donors (Lipinski definition) is 2. The molecule has 2 saturated heterocycles. The first-order valence-corrected chi connectivity index (χ1v) is 7.13. The van der Waals surface area contributed by atoms with Crippen LogP contribution in [0.15, 0.2) is 0 Å². The predicted molar refractivity (Wildman–Crippen MR) is 70.7 cm³/mol. The normalized spacial score (nSPS) is 29.8. The van der Waals surface area contributed by atoms with Crippen molar-refractivity contribution in [3.05, 3.63) is 11.6 Å². The average molecular weight is 263 g/mol. The Hall–Kier alpha value is -1.43. The van der Waals surface area contributed by atoms with Gasteiger partial charge in [-0.15, -0.1) is 5.10 Å². The summed E-state index contributed by atoms with van der Waals surface area (Å²) in [4.78, 5) is 18.7. The molecule has 3 rings (SSSR count). The monoisotopic (exact) mass is 263 g/mol. The third kappa shape index (κ3) is 2.14. The van der Waals surface area contributed by atoms with Crippen molar-refractivity contribution in [2.75, 3.05) is 19.6 Å². The molecule has 2 aliphatic heterocycles. The van der Waals surface area contributed by atoms with Crippen LogP contribution < -0.4 is 5.32 Å². The van der Waals surface area contributed by atoms with Gasteiger partial charge in [-0.2, -0.15) is 0 Å². The molecule has 1 aromatic heterocycles. The number of aryl methyl sites for hydroxylation is 1. The van der Waals surface area contributed by atoms with Crippen LogP contribution in [0.25, 0.3) is 0 Å². The van der Waals surface area contributed by atoms with E-state index in [9.17, 15) is 4.79 Å². The van der Waals surface area contributed by atoms with E-state index < -0.39 is 0 Å². The van der Waals surface area contributed by atoms with E-state index >= 15 is 0 Å². The van der Waals surface area contributed by atoms with Crippen LogP contribution >= 0.6 is 0 Å². The fourth-order valence-electron chi connectivity index (χ4n) is 3.30. The van der Waals surface area contributed by atoms with Gasteiger partial charge in [-0.1, -0.05) is 6.92 Å². The smallest absolute Gasteiger partial charge is 0.293 e. The van der Waals surface area contributed by atoms with Gasteiger partial charge in [0, 0.05) is 32.1 Å². The minimum atomic E-state index is -0.0273. The first kappa shape index (κ1) is 12.6. The van der Waals surface area contributed by atoms with Gasteiger partial charge in [-0.25, -0.2) is 4.98 Å². The second-order valence-corrected chi connectivity index (χ2v) is 5.64. The van der Waals surface area contributed by atoms with E-state index in [1.54, 1.807) is 0 Å². The number of aromatic amines is 1. The molecule has 6 nitrogen and oxygen atoms in total. The number of rotatable bonds is 3. The molecule has 6 heteroatoms. The molecular formula is C13H21N5O. The maximum atomic E-state index is 12.5. The lowest BCUT2D eigenvalue weighted by Crippen LogP contribution is -2.38. The fraction of sp³-hybridized carbons (Fsp3) is 0.769. The van der Waals surface area contributed by atoms with Crippen molar-refractivity contribution >= 4 is 5.91 Å². The third-order valence-electron chi connectivity index (χ3n) is 4.41. The van der Waals surface area contributed by atoms with E-state index in [4.69, 9.17) is 0 Å². The van der Waals surface area contributed by atoms with Crippen LogP contribution in [0.1, 0.15) is 36.7 Å². The average Bonchev–Trinajstić information content (AvgIpc) is 3.07. The molecule has 0 saturated carbocycles. The van der Waals surface area contributed by atoms with Crippen LogP contribution in [0.3, 0.4) is 0 Å². The van der Waals surface area contributed by atoms with Crippen molar-refractivity contribution in [2.45, 2.75) is 32.7 Å². The van der Waals surface area contributed by atoms with Crippen LogP contribution in [-0.2, 0) is 6.42 Å².